The summed E-state index contributed by atoms with van der Waals surface area (Å²) in [4.78, 5) is 23.1. The monoisotopic (exact) mass is 276 g/mol. The van der Waals surface area contributed by atoms with Crippen molar-refractivity contribution >= 4 is 40.3 Å². The van der Waals surface area contributed by atoms with Crippen LogP contribution in [0.1, 0.15) is 10.4 Å². The zero-order valence-electron chi connectivity index (χ0n) is 9.62. The lowest BCUT2D eigenvalue weighted by molar-refractivity contribution is 0.0697. The number of para-hydroxylation sites is 1. The van der Waals surface area contributed by atoms with Gasteiger partial charge < -0.3 is 9.52 Å². The number of halogens is 1. The topological polar surface area (TPSA) is 67.5 Å². The van der Waals surface area contributed by atoms with Crippen molar-refractivity contribution in [1.29, 1.82) is 0 Å². The van der Waals surface area contributed by atoms with Gasteiger partial charge in [0.2, 0.25) is 5.43 Å². The molecule has 0 unspecified atom stereocenters. The van der Waals surface area contributed by atoms with Crippen molar-refractivity contribution in [3.63, 3.8) is 0 Å². The highest BCUT2D eigenvalue weighted by Crippen LogP contribution is 2.19. The molecule has 0 saturated heterocycles. The van der Waals surface area contributed by atoms with Crippen molar-refractivity contribution in [2.45, 2.75) is 0 Å². The molecule has 0 radical (unpaired) electrons. The Hall–Kier alpha value is -2.33. The minimum atomic E-state index is -1.07. The van der Waals surface area contributed by atoms with Crippen molar-refractivity contribution in [3.8, 4) is 0 Å². The maximum atomic E-state index is 12.2. The van der Waals surface area contributed by atoms with Gasteiger partial charge in [-0.3, -0.25) is 4.79 Å². The molecule has 19 heavy (non-hydrogen) atoms. The van der Waals surface area contributed by atoms with Crippen LogP contribution in [0.2, 0.25) is 0 Å². The highest BCUT2D eigenvalue weighted by atomic mass is 35.5. The van der Waals surface area contributed by atoms with Crippen molar-refractivity contribution in [3.05, 3.63) is 58.3 Å². The maximum Gasteiger partial charge on any atom is 0.335 e. The number of fused-ring (bicyclic) bond motifs is 2. The van der Waals surface area contributed by atoms with Crippen LogP contribution in [0.5, 0.6) is 0 Å². The number of carboxylic acids is 1. The molecule has 1 aromatic heterocycles. The molecule has 1 N–H and O–H groups in total. The molecule has 96 valence electrons. The number of hydrogen-bond donors (Lipinski definition) is 1. The lowest BCUT2D eigenvalue weighted by atomic mass is 10.1. The smallest absolute Gasteiger partial charge is 0.335 e. The molecule has 0 aliphatic carbocycles. The molecular weight excluding hydrogens is 268 g/mol. The second-order valence-electron chi connectivity index (χ2n) is 3.94. The Morgan fingerprint density at radius 1 is 1.00 bits per heavy atom. The van der Waals surface area contributed by atoms with E-state index in [2.05, 4.69) is 0 Å². The van der Waals surface area contributed by atoms with Gasteiger partial charge in [0.15, 0.2) is 0 Å². The van der Waals surface area contributed by atoms with E-state index in [1.165, 1.54) is 18.2 Å². The van der Waals surface area contributed by atoms with E-state index >= 15 is 0 Å². The van der Waals surface area contributed by atoms with Crippen LogP contribution in [0, 0.1) is 0 Å². The number of carboxylic acid groups (broad SMARTS) is 1. The van der Waals surface area contributed by atoms with Crippen molar-refractivity contribution < 1.29 is 14.3 Å². The molecule has 1 heterocycles. The van der Waals surface area contributed by atoms with Crippen LogP contribution < -0.4 is 5.43 Å². The van der Waals surface area contributed by atoms with Gasteiger partial charge in [-0.25, -0.2) is 4.79 Å². The number of rotatable bonds is 1. The number of aromatic carboxylic acids is 1. The first-order chi connectivity index (χ1) is 8.66. The van der Waals surface area contributed by atoms with Crippen LogP contribution in [-0.2, 0) is 0 Å². The van der Waals surface area contributed by atoms with E-state index in [4.69, 9.17) is 9.52 Å². The van der Waals surface area contributed by atoms with Gasteiger partial charge in [-0.1, -0.05) is 12.1 Å². The molecule has 0 amide bonds. The van der Waals surface area contributed by atoms with Gasteiger partial charge in [0.05, 0.1) is 16.3 Å². The number of benzene rings is 2. The molecule has 0 atom stereocenters. The fourth-order valence-corrected chi connectivity index (χ4v) is 1.94. The SMILES string of the molecule is Cl.O=C(O)c1ccc2oc3ccccc3c(=O)c2c1. The fraction of sp³-hybridized carbons (Fsp3) is 0. The van der Waals surface area contributed by atoms with Crippen LogP contribution in [0.15, 0.2) is 51.7 Å². The minimum Gasteiger partial charge on any atom is -0.478 e. The molecule has 2 aromatic carbocycles. The summed E-state index contributed by atoms with van der Waals surface area (Å²) in [7, 11) is 0. The van der Waals surface area contributed by atoms with Gasteiger partial charge in [-0.05, 0) is 30.3 Å². The van der Waals surface area contributed by atoms with Crippen molar-refractivity contribution in [2.75, 3.05) is 0 Å². The summed E-state index contributed by atoms with van der Waals surface area (Å²) in [6, 6.07) is 11.2. The Bertz CT molecular complexity index is 836. The molecule has 0 saturated carbocycles. The first-order valence-corrected chi connectivity index (χ1v) is 5.36. The molecule has 3 rings (SSSR count). The quantitative estimate of drug-likeness (QED) is 0.694. The molecule has 0 aliphatic heterocycles. The molecule has 0 spiro atoms. The second-order valence-corrected chi connectivity index (χ2v) is 3.94. The number of carbonyl (C=O) groups is 1. The van der Waals surface area contributed by atoms with Gasteiger partial charge >= 0.3 is 5.97 Å². The summed E-state index contributed by atoms with van der Waals surface area (Å²) < 4.78 is 5.57. The molecule has 4 nitrogen and oxygen atoms in total. The second kappa shape index (κ2) is 4.74. The van der Waals surface area contributed by atoms with Crippen molar-refractivity contribution in [1.82, 2.24) is 0 Å². The lowest BCUT2D eigenvalue weighted by Crippen LogP contribution is -2.04. The lowest BCUT2D eigenvalue weighted by Gasteiger charge is -2.01. The Morgan fingerprint density at radius 2 is 1.68 bits per heavy atom. The Kier molecular flexibility index (Phi) is 3.27. The average molecular weight is 277 g/mol. The third kappa shape index (κ3) is 2.06. The molecule has 0 fully saturated rings. The van der Waals surface area contributed by atoms with E-state index in [9.17, 15) is 9.59 Å². The zero-order valence-corrected chi connectivity index (χ0v) is 10.4. The summed E-state index contributed by atoms with van der Waals surface area (Å²) in [5.41, 5.74) is 0.752. The minimum absolute atomic E-state index is 0. The van der Waals surface area contributed by atoms with Gasteiger partial charge in [-0.2, -0.15) is 0 Å². The molecule has 0 aliphatic rings. The number of hydrogen-bond acceptors (Lipinski definition) is 3. The van der Waals surface area contributed by atoms with Gasteiger partial charge in [0.1, 0.15) is 11.2 Å². The standard InChI is InChI=1S/C14H8O4.ClH/c15-13-9-3-1-2-4-11(9)18-12-6-5-8(14(16)17)7-10(12)13;/h1-7H,(H,16,17);1H. The summed E-state index contributed by atoms with van der Waals surface area (Å²) in [5, 5.41) is 9.65. The van der Waals surface area contributed by atoms with Crippen LogP contribution in [0.4, 0.5) is 0 Å². The van der Waals surface area contributed by atoms with Crippen LogP contribution >= 0.6 is 12.4 Å². The third-order valence-corrected chi connectivity index (χ3v) is 2.82. The van der Waals surface area contributed by atoms with E-state index in [-0.39, 0.29) is 28.8 Å². The van der Waals surface area contributed by atoms with Gasteiger partial charge in [0, 0.05) is 0 Å². The first-order valence-electron chi connectivity index (χ1n) is 5.36. The average Bonchev–Trinajstić information content (AvgIpc) is 2.38. The van der Waals surface area contributed by atoms with E-state index in [0.29, 0.717) is 16.6 Å². The van der Waals surface area contributed by atoms with Crippen LogP contribution in [0.25, 0.3) is 21.9 Å². The summed E-state index contributed by atoms with van der Waals surface area (Å²) in [6.07, 6.45) is 0. The Labute approximate surface area is 113 Å². The van der Waals surface area contributed by atoms with Gasteiger partial charge in [-0.15, -0.1) is 12.4 Å². The van der Waals surface area contributed by atoms with Gasteiger partial charge in [0.25, 0.3) is 0 Å². The molecular formula is C14H9ClO4. The summed E-state index contributed by atoms with van der Waals surface area (Å²) in [6.45, 7) is 0. The van der Waals surface area contributed by atoms with E-state index in [1.807, 2.05) is 0 Å². The predicted molar refractivity (Wildman–Crippen MR) is 74.2 cm³/mol. The zero-order chi connectivity index (χ0) is 12.7. The highest BCUT2D eigenvalue weighted by Gasteiger charge is 2.10. The third-order valence-electron chi connectivity index (χ3n) is 2.82. The van der Waals surface area contributed by atoms with E-state index in [1.54, 1.807) is 24.3 Å². The highest BCUT2D eigenvalue weighted by molar-refractivity contribution is 5.95. The van der Waals surface area contributed by atoms with Crippen molar-refractivity contribution in [2.24, 2.45) is 0 Å². The molecule has 5 heteroatoms. The summed E-state index contributed by atoms with van der Waals surface area (Å²) in [5.74, 6) is -1.07. The van der Waals surface area contributed by atoms with E-state index < -0.39 is 5.97 Å². The van der Waals surface area contributed by atoms with Crippen LogP contribution in [0.3, 0.4) is 0 Å². The maximum absolute atomic E-state index is 12.2. The Balaban J connectivity index is 0.00000133. The van der Waals surface area contributed by atoms with Crippen LogP contribution in [-0.4, -0.2) is 11.1 Å². The Morgan fingerprint density at radius 3 is 2.42 bits per heavy atom. The summed E-state index contributed by atoms with van der Waals surface area (Å²) >= 11 is 0. The largest absolute Gasteiger partial charge is 0.478 e. The normalized spacial score (nSPS) is 10.3. The molecule has 3 aromatic rings. The fourth-order valence-electron chi connectivity index (χ4n) is 1.94. The molecule has 0 bridgehead atoms. The van der Waals surface area contributed by atoms with E-state index in [0.717, 1.165) is 0 Å². The first kappa shape index (κ1) is 13.1. The predicted octanol–water partition coefficient (Wildman–Crippen LogP) is 3.07.